The Bertz CT molecular complexity index is 323. The molecule has 0 saturated heterocycles. The molecular weight excluding hydrogens is 214 g/mol. The SMILES string of the molecule is CSc1ccc(Cl)cc1NCC1CC1. The van der Waals surface area contributed by atoms with Gasteiger partial charge in [-0.05, 0) is 43.2 Å². The second-order valence-electron chi connectivity index (χ2n) is 3.67. The van der Waals surface area contributed by atoms with Gasteiger partial charge in [0.15, 0.2) is 0 Å². The quantitative estimate of drug-likeness (QED) is 0.784. The van der Waals surface area contributed by atoms with E-state index >= 15 is 0 Å². The van der Waals surface area contributed by atoms with Gasteiger partial charge in [-0.3, -0.25) is 0 Å². The third-order valence-corrected chi connectivity index (χ3v) is 3.47. The molecule has 3 heteroatoms. The molecule has 1 aliphatic rings. The molecule has 0 heterocycles. The minimum Gasteiger partial charge on any atom is -0.384 e. The average Bonchev–Trinajstić information content (AvgIpc) is 2.98. The molecule has 0 atom stereocenters. The largest absolute Gasteiger partial charge is 0.384 e. The van der Waals surface area contributed by atoms with Crippen LogP contribution in [-0.4, -0.2) is 12.8 Å². The molecule has 14 heavy (non-hydrogen) atoms. The van der Waals surface area contributed by atoms with Crippen LogP contribution >= 0.6 is 23.4 Å². The van der Waals surface area contributed by atoms with Crippen LogP contribution in [0.3, 0.4) is 0 Å². The number of halogens is 1. The molecule has 0 unspecified atom stereocenters. The minimum absolute atomic E-state index is 0.807. The normalized spacial score (nSPS) is 15.6. The number of nitrogens with one attached hydrogen (secondary N) is 1. The summed E-state index contributed by atoms with van der Waals surface area (Å²) in [5.74, 6) is 0.892. The molecule has 0 amide bonds. The van der Waals surface area contributed by atoms with Gasteiger partial charge in [0, 0.05) is 22.2 Å². The van der Waals surface area contributed by atoms with Crippen LogP contribution in [0.4, 0.5) is 5.69 Å². The molecule has 1 saturated carbocycles. The first-order valence-electron chi connectivity index (χ1n) is 4.87. The summed E-state index contributed by atoms with van der Waals surface area (Å²) in [6.07, 6.45) is 4.84. The van der Waals surface area contributed by atoms with Crippen molar-refractivity contribution in [2.75, 3.05) is 18.1 Å². The molecule has 1 aromatic carbocycles. The van der Waals surface area contributed by atoms with Gasteiger partial charge < -0.3 is 5.32 Å². The van der Waals surface area contributed by atoms with Crippen LogP contribution in [0.15, 0.2) is 23.1 Å². The summed E-state index contributed by atoms with van der Waals surface area (Å²) in [6.45, 7) is 1.09. The molecule has 1 N–H and O–H groups in total. The van der Waals surface area contributed by atoms with E-state index in [0.29, 0.717) is 0 Å². The van der Waals surface area contributed by atoms with Crippen molar-refractivity contribution in [1.82, 2.24) is 0 Å². The zero-order valence-corrected chi connectivity index (χ0v) is 9.79. The summed E-state index contributed by atoms with van der Waals surface area (Å²) in [5.41, 5.74) is 1.18. The van der Waals surface area contributed by atoms with Gasteiger partial charge in [0.05, 0.1) is 0 Å². The van der Waals surface area contributed by atoms with E-state index in [4.69, 9.17) is 11.6 Å². The van der Waals surface area contributed by atoms with Gasteiger partial charge in [0.25, 0.3) is 0 Å². The highest BCUT2D eigenvalue weighted by molar-refractivity contribution is 7.98. The van der Waals surface area contributed by atoms with Crippen molar-refractivity contribution in [2.24, 2.45) is 5.92 Å². The standard InChI is InChI=1S/C11H14ClNS/c1-14-11-5-4-9(12)6-10(11)13-7-8-2-3-8/h4-6,8,13H,2-3,7H2,1H3. The Hall–Kier alpha value is -0.340. The van der Waals surface area contributed by atoms with Crippen LogP contribution in [0.2, 0.25) is 5.02 Å². The molecule has 1 aromatic rings. The zero-order valence-electron chi connectivity index (χ0n) is 8.22. The molecule has 76 valence electrons. The summed E-state index contributed by atoms with van der Waals surface area (Å²) >= 11 is 7.71. The second kappa shape index (κ2) is 4.45. The lowest BCUT2D eigenvalue weighted by molar-refractivity contribution is 0.886. The lowest BCUT2D eigenvalue weighted by Gasteiger charge is -2.10. The van der Waals surface area contributed by atoms with E-state index < -0.39 is 0 Å². The summed E-state index contributed by atoms with van der Waals surface area (Å²) < 4.78 is 0. The van der Waals surface area contributed by atoms with E-state index in [0.717, 1.165) is 17.5 Å². The Morgan fingerprint density at radius 2 is 2.29 bits per heavy atom. The Morgan fingerprint density at radius 1 is 1.50 bits per heavy atom. The zero-order chi connectivity index (χ0) is 9.97. The fraction of sp³-hybridized carbons (Fsp3) is 0.455. The third-order valence-electron chi connectivity index (χ3n) is 2.44. The van der Waals surface area contributed by atoms with Crippen LogP contribution in [0.25, 0.3) is 0 Å². The third kappa shape index (κ3) is 2.58. The first-order chi connectivity index (χ1) is 6.79. The highest BCUT2D eigenvalue weighted by atomic mass is 35.5. The topological polar surface area (TPSA) is 12.0 Å². The number of thioether (sulfide) groups is 1. The molecule has 1 fully saturated rings. The highest BCUT2D eigenvalue weighted by Gasteiger charge is 2.20. The molecular formula is C11H14ClNS. The maximum Gasteiger partial charge on any atom is 0.0493 e. The predicted octanol–water partition coefficient (Wildman–Crippen LogP) is 3.88. The summed E-state index contributed by atoms with van der Waals surface area (Å²) in [4.78, 5) is 1.27. The maximum absolute atomic E-state index is 5.96. The molecule has 0 aromatic heterocycles. The van der Waals surface area contributed by atoms with Gasteiger partial charge in [-0.25, -0.2) is 0 Å². The van der Waals surface area contributed by atoms with Crippen LogP contribution in [0.1, 0.15) is 12.8 Å². The summed E-state index contributed by atoms with van der Waals surface area (Å²) in [5, 5.41) is 4.27. The Labute approximate surface area is 94.2 Å². The first-order valence-corrected chi connectivity index (χ1v) is 6.47. The second-order valence-corrected chi connectivity index (χ2v) is 4.95. The Kier molecular flexibility index (Phi) is 3.24. The van der Waals surface area contributed by atoms with Gasteiger partial charge >= 0.3 is 0 Å². The van der Waals surface area contributed by atoms with E-state index in [-0.39, 0.29) is 0 Å². The highest BCUT2D eigenvalue weighted by Crippen LogP contribution is 2.32. The molecule has 1 nitrogen and oxygen atoms in total. The molecule has 2 rings (SSSR count). The van der Waals surface area contributed by atoms with Gasteiger partial charge in [0.1, 0.15) is 0 Å². The maximum atomic E-state index is 5.96. The number of benzene rings is 1. The van der Waals surface area contributed by atoms with Crippen molar-refractivity contribution in [3.8, 4) is 0 Å². The molecule has 0 aliphatic heterocycles. The van der Waals surface area contributed by atoms with E-state index in [1.807, 2.05) is 12.1 Å². The summed E-state index contributed by atoms with van der Waals surface area (Å²) in [6, 6.07) is 6.02. The summed E-state index contributed by atoms with van der Waals surface area (Å²) in [7, 11) is 0. The monoisotopic (exact) mass is 227 g/mol. The van der Waals surface area contributed by atoms with Gasteiger partial charge in [-0.1, -0.05) is 11.6 Å². The molecule has 0 radical (unpaired) electrons. The van der Waals surface area contributed by atoms with E-state index in [1.165, 1.54) is 23.4 Å². The van der Waals surface area contributed by atoms with Crippen molar-refractivity contribution in [3.63, 3.8) is 0 Å². The van der Waals surface area contributed by atoms with E-state index in [1.54, 1.807) is 11.8 Å². The van der Waals surface area contributed by atoms with Gasteiger partial charge in [0.2, 0.25) is 0 Å². The lowest BCUT2D eigenvalue weighted by atomic mass is 10.3. The van der Waals surface area contributed by atoms with E-state index in [2.05, 4.69) is 17.6 Å². The Morgan fingerprint density at radius 3 is 2.93 bits per heavy atom. The van der Waals surface area contributed by atoms with Crippen molar-refractivity contribution in [3.05, 3.63) is 23.2 Å². The average molecular weight is 228 g/mol. The molecule has 0 spiro atoms. The smallest absolute Gasteiger partial charge is 0.0493 e. The first kappa shape index (κ1) is 10.2. The minimum atomic E-state index is 0.807. The fourth-order valence-electron chi connectivity index (χ4n) is 1.39. The van der Waals surface area contributed by atoms with Crippen LogP contribution in [0.5, 0.6) is 0 Å². The number of hydrogen-bond donors (Lipinski definition) is 1. The Balaban J connectivity index is 2.07. The van der Waals surface area contributed by atoms with Crippen molar-refractivity contribution in [2.45, 2.75) is 17.7 Å². The fourth-order valence-corrected chi connectivity index (χ4v) is 2.12. The molecule has 0 bridgehead atoms. The van der Waals surface area contributed by atoms with Gasteiger partial charge in [-0.15, -0.1) is 11.8 Å². The van der Waals surface area contributed by atoms with Gasteiger partial charge in [-0.2, -0.15) is 0 Å². The van der Waals surface area contributed by atoms with Crippen LogP contribution in [-0.2, 0) is 0 Å². The number of anilines is 1. The van der Waals surface area contributed by atoms with E-state index in [9.17, 15) is 0 Å². The number of rotatable bonds is 4. The van der Waals surface area contributed by atoms with Crippen molar-refractivity contribution < 1.29 is 0 Å². The lowest BCUT2D eigenvalue weighted by Crippen LogP contribution is -2.03. The van der Waals surface area contributed by atoms with Crippen molar-refractivity contribution in [1.29, 1.82) is 0 Å². The predicted molar refractivity (Wildman–Crippen MR) is 64.4 cm³/mol. The van der Waals surface area contributed by atoms with Crippen LogP contribution in [0, 0.1) is 5.92 Å². The molecule has 1 aliphatic carbocycles. The van der Waals surface area contributed by atoms with Crippen LogP contribution < -0.4 is 5.32 Å². The van der Waals surface area contributed by atoms with Crippen molar-refractivity contribution >= 4 is 29.1 Å². The number of hydrogen-bond acceptors (Lipinski definition) is 2.